The molecule has 1 aliphatic rings. The average Bonchev–Trinajstić information content (AvgIpc) is 3.07. The molecule has 1 aliphatic heterocycles. The van der Waals surface area contributed by atoms with Crippen LogP contribution in [0.15, 0.2) is 48.8 Å². The monoisotopic (exact) mass is 394 g/mol. The summed E-state index contributed by atoms with van der Waals surface area (Å²) < 4.78 is 15.3. The number of benzene rings is 1. The third kappa shape index (κ3) is 4.65. The quantitative estimate of drug-likeness (QED) is 0.698. The Balaban J connectivity index is 1.24. The molecule has 3 aromatic rings. The Kier molecular flexibility index (Phi) is 5.90. The summed E-state index contributed by atoms with van der Waals surface area (Å²) in [6, 6.07) is 10.5. The number of halogens is 1. The minimum Gasteiger partial charge on any atom is -0.352 e. The van der Waals surface area contributed by atoms with Crippen molar-refractivity contribution in [1.82, 2.24) is 19.8 Å². The Morgan fingerprint density at radius 1 is 1.24 bits per heavy atom. The van der Waals surface area contributed by atoms with E-state index in [-0.39, 0.29) is 17.6 Å². The standard InChI is InChI=1S/C23H27FN4O/c1-27-16-19(21-6-3-10-25-22(21)27)9-13-28-11-7-18(8-12-28)23(29)26-15-17-4-2-5-20(24)14-17/h2-6,10,14,16,18H,7-9,11-13,15H2,1H3,(H,26,29). The topological polar surface area (TPSA) is 50.2 Å². The van der Waals surface area contributed by atoms with Crippen LogP contribution in [-0.2, 0) is 24.8 Å². The van der Waals surface area contributed by atoms with Crippen molar-refractivity contribution in [1.29, 1.82) is 0 Å². The van der Waals surface area contributed by atoms with Gasteiger partial charge in [-0.3, -0.25) is 4.79 Å². The van der Waals surface area contributed by atoms with Gasteiger partial charge in [-0.2, -0.15) is 0 Å². The predicted octanol–water partition coefficient (Wildman–Crippen LogP) is 3.28. The first kappa shape index (κ1) is 19.6. The van der Waals surface area contributed by atoms with Gasteiger partial charge in [0.25, 0.3) is 0 Å². The molecule has 0 unspecified atom stereocenters. The lowest BCUT2D eigenvalue weighted by atomic mass is 9.95. The zero-order valence-electron chi connectivity index (χ0n) is 16.8. The highest BCUT2D eigenvalue weighted by atomic mass is 19.1. The van der Waals surface area contributed by atoms with Crippen molar-refractivity contribution in [2.45, 2.75) is 25.8 Å². The van der Waals surface area contributed by atoms with Crippen LogP contribution < -0.4 is 5.32 Å². The first-order valence-corrected chi connectivity index (χ1v) is 10.2. The van der Waals surface area contributed by atoms with Gasteiger partial charge in [0, 0.05) is 43.8 Å². The van der Waals surface area contributed by atoms with E-state index in [4.69, 9.17) is 0 Å². The van der Waals surface area contributed by atoms with E-state index in [0.717, 1.165) is 50.1 Å². The minimum atomic E-state index is -0.271. The van der Waals surface area contributed by atoms with Gasteiger partial charge in [-0.25, -0.2) is 9.37 Å². The molecule has 6 heteroatoms. The number of piperidine rings is 1. The van der Waals surface area contributed by atoms with Crippen LogP contribution in [-0.4, -0.2) is 40.0 Å². The molecule has 0 spiro atoms. The summed E-state index contributed by atoms with van der Waals surface area (Å²) in [5, 5.41) is 4.18. The fourth-order valence-corrected chi connectivity index (χ4v) is 4.17. The molecule has 0 saturated carbocycles. The predicted molar refractivity (Wildman–Crippen MR) is 112 cm³/mol. The zero-order valence-corrected chi connectivity index (χ0v) is 16.8. The zero-order chi connectivity index (χ0) is 20.2. The third-order valence-electron chi connectivity index (χ3n) is 5.83. The number of amides is 1. The molecule has 0 aliphatic carbocycles. The number of pyridine rings is 1. The smallest absolute Gasteiger partial charge is 0.223 e. The molecule has 1 aromatic carbocycles. The lowest BCUT2D eigenvalue weighted by Crippen LogP contribution is -2.41. The molecular weight excluding hydrogens is 367 g/mol. The van der Waals surface area contributed by atoms with Gasteiger partial charge in [-0.05, 0) is 67.7 Å². The molecule has 1 amide bonds. The Hall–Kier alpha value is -2.73. The second kappa shape index (κ2) is 8.74. The van der Waals surface area contributed by atoms with Crippen LogP contribution in [0.1, 0.15) is 24.0 Å². The number of hydrogen-bond acceptors (Lipinski definition) is 3. The van der Waals surface area contributed by atoms with Gasteiger partial charge >= 0.3 is 0 Å². The summed E-state index contributed by atoms with van der Waals surface area (Å²) in [6.07, 6.45) is 6.72. The van der Waals surface area contributed by atoms with Crippen LogP contribution in [0, 0.1) is 11.7 Å². The molecule has 3 heterocycles. The van der Waals surface area contributed by atoms with Gasteiger partial charge in [0.1, 0.15) is 11.5 Å². The number of hydrogen-bond donors (Lipinski definition) is 1. The van der Waals surface area contributed by atoms with E-state index in [1.807, 2.05) is 25.4 Å². The van der Waals surface area contributed by atoms with E-state index >= 15 is 0 Å². The lowest BCUT2D eigenvalue weighted by Gasteiger charge is -2.31. The molecule has 4 rings (SSSR count). The van der Waals surface area contributed by atoms with Crippen LogP contribution >= 0.6 is 0 Å². The molecule has 0 atom stereocenters. The normalized spacial score (nSPS) is 15.7. The molecule has 0 bridgehead atoms. The largest absolute Gasteiger partial charge is 0.352 e. The van der Waals surface area contributed by atoms with Crippen molar-refractivity contribution >= 4 is 16.9 Å². The average molecular weight is 394 g/mol. The first-order chi connectivity index (χ1) is 14.1. The van der Waals surface area contributed by atoms with E-state index in [9.17, 15) is 9.18 Å². The van der Waals surface area contributed by atoms with Gasteiger partial charge in [-0.15, -0.1) is 0 Å². The maximum Gasteiger partial charge on any atom is 0.223 e. The van der Waals surface area contributed by atoms with Gasteiger partial charge in [0.15, 0.2) is 0 Å². The van der Waals surface area contributed by atoms with Gasteiger partial charge in [0.2, 0.25) is 5.91 Å². The van der Waals surface area contributed by atoms with E-state index in [1.54, 1.807) is 6.07 Å². The number of rotatable bonds is 6. The van der Waals surface area contributed by atoms with Gasteiger partial charge in [-0.1, -0.05) is 12.1 Å². The third-order valence-corrected chi connectivity index (χ3v) is 5.83. The number of aromatic nitrogens is 2. The van der Waals surface area contributed by atoms with Crippen molar-refractivity contribution in [3.8, 4) is 0 Å². The molecule has 5 nitrogen and oxygen atoms in total. The maximum atomic E-state index is 13.2. The van der Waals surface area contributed by atoms with Crippen molar-refractivity contribution in [2.75, 3.05) is 19.6 Å². The minimum absolute atomic E-state index is 0.0431. The van der Waals surface area contributed by atoms with Crippen molar-refractivity contribution in [2.24, 2.45) is 13.0 Å². The Morgan fingerprint density at radius 2 is 2.07 bits per heavy atom. The fraction of sp³-hybridized carbons (Fsp3) is 0.391. The molecule has 0 radical (unpaired) electrons. The molecule has 2 aromatic heterocycles. The molecule has 29 heavy (non-hydrogen) atoms. The number of likely N-dealkylation sites (tertiary alicyclic amines) is 1. The molecular formula is C23H27FN4O. The van der Waals surface area contributed by atoms with Crippen molar-refractivity contribution in [3.63, 3.8) is 0 Å². The van der Waals surface area contributed by atoms with E-state index in [1.165, 1.54) is 23.1 Å². The number of nitrogens with one attached hydrogen (secondary N) is 1. The number of carbonyl (C=O) groups excluding carboxylic acids is 1. The summed E-state index contributed by atoms with van der Waals surface area (Å²) in [7, 11) is 2.03. The number of aryl methyl sites for hydroxylation is 1. The Labute approximate surface area is 170 Å². The summed E-state index contributed by atoms with van der Waals surface area (Å²) in [6.45, 7) is 3.24. The van der Waals surface area contributed by atoms with Crippen LogP contribution in [0.2, 0.25) is 0 Å². The highest BCUT2D eigenvalue weighted by molar-refractivity contribution is 5.80. The molecule has 152 valence electrons. The van der Waals surface area contributed by atoms with Gasteiger partial charge in [0.05, 0.1) is 0 Å². The summed E-state index contributed by atoms with van der Waals surface area (Å²) in [5.74, 6) is -0.150. The lowest BCUT2D eigenvalue weighted by molar-refractivity contribution is -0.126. The van der Waals surface area contributed by atoms with Crippen molar-refractivity contribution in [3.05, 3.63) is 65.7 Å². The fourth-order valence-electron chi connectivity index (χ4n) is 4.17. The Bertz CT molecular complexity index is 991. The van der Waals surface area contributed by atoms with E-state index < -0.39 is 0 Å². The number of nitrogens with zero attached hydrogens (tertiary/aromatic N) is 3. The van der Waals surface area contributed by atoms with Crippen molar-refractivity contribution < 1.29 is 9.18 Å². The SMILES string of the molecule is Cn1cc(CCN2CCC(C(=O)NCc3cccc(F)c3)CC2)c2cccnc21. The Morgan fingerprint density at radius 3 is 2.86 bits per heavy atom. The number of carbonyl (C=O) groups is 1. The second-order valence-electron chi connectivity index (χ2n) is 7.85. The maximum absolute atomic E-state index is 13.2. The highest BCUT2D eigenvalue weighted by Crippen LogP contribution is 2.21. The van der Waals surface area contributed by atoms with Crippen LogP contribution in [0.4, 0.5) is 4.39 Å². The van der Waals surface area contributed by atoms with E-state index in [0.29, 0.717) is 6.54 Å². The highest BCUT2D eigenvalue weighted by Gasteiger charge is 2.24. The van der Waals surface area contributed by atoms with Crippen LogP contribution in [0.5, 0.6) is 0 Å². The molecule has 1 N–H and O–H groups in total. The molecule has 1 fully saturated rings. The van der Waals surface area contributed by atoms with E-state index in [2.05, 4.69) is 32.0 Å². The first-order valence-electron chi connectivity index (χ1n) is 10.2. The van der Waals surface area contributed by atoms with Crippen LogP contribution in [0.3, 0.4) is 0 Å². The number of fused-ring (bicyclic) bond motifs is 1. The summed E-state index contributed by atoms with van der Waals surface area (Å²) >= 11 is 0. The second-order valence-corrected chi connectivity index (χ2v) is 7.85. The summed E-state index contributed by atoms with van der Waals surface area (Å²) in [4.78, 5) is 19.3. The van der Waals surface area contributed by atoms with Crippen LogP contribution in [0.25, 0.3) is 11.0 Å². The summed E-state index contributed by atoms with van der Waals surface area (Å²) in [5.41, 5.74) is 3.14. The van der Waals surface area contributed by atoms with Gasteiger partial charge < -0.3 is 14.8 Å². The molecule has 1 saturated heterocycles.